The standard InChI is InChI=1S/C23H39N3O6S2/c1-4-16(2)20(25-13-18(24)14-33)15-34(31,32)23(3,12-17-8-6-5-7-9-17)22(30)26-19(10-11-27)21(28)29/h5-9,16,18-20,25,27,33H,4,10-15,24H2,1-3H3,(H,26,30)(H,28,29)/t16-,18+,19-,20?,23?/m0/s1. The monoisotopic (exact) mass is 517 g/mol. The molecule has 1 rings (SSSR count). The molecule has 194 valence electrons. The summed E-state index contributed by atoms with van der Waals surface area (Å²) in [5.74, 6) is -2.17. The molecule has 0 spiro atoms. The van der Waals surface area contributed by atoms with Crippen molar-refractivity contribution in [1.29, 1.82) is 0 Å². The predicted molar refractivity (Wildman–Crippen MR) is 137 cm³/mol. The fourth-order valence-electron chi connectivity index (χ4n) is 3.51. The maximum atomic E-state index is 13.8. The first-order valence-corrected chi connectivity index (χ1v) is 13.7. The van der Waals surface area contributed by atoms with E-state index < -0.39 is 45.2 Å². The van der Waals surface area contributed by atoms with Gasteiger partial charge in [0.05, 0.1) is 5.75 Å². The molecule has 0 bridgehead atoms. The number of nitrogens with one attached hydrogen (secondary N) is 2. The second-order valence-corrected chi connectivity index (χ2v) is 11.7. The highest BCUT2D eigenvalue weighted by Gasteiger charge is 2.48. The van der Waals surface area contributed by atoms with Gasteiger partial charge in [0.1, 0.15) is 6.04 Å². The van der Waals surface area contributed by atoms with Gasteiger partial charge in [-0.05, 0) is 18.4 Å². The Balaban J connectivity index is 3.36. The Kier molecular flexibility index (Phi) is 12.5. The van der Waals surface area contributed by atoms with Crippen molar-refractivity contribution in [3.05, 3.63) is 35.9 Å². The van der Waals surface area contributed by atoms with E-state index in [9.17, 15) is 28.2 Å². The van der Waals surface area contributed by atoms with Gasteiger partial charge >= 0.3 is 5.97 Å². The first kappa shape index (κ1) is 30.4. The molecule has 11 heteroatoms. The van der Waals surface area contributed by atoms with Crippen molar-refractivity contribution in [3.8, 4) is 0 Å². The van der Waals surface area contributed by atoms with E-state index in [2.05, 4.69) is 23.3 Å². The van der Waals surface area contributed by atoms with Gasteiger partial charge in [-0.25, -0.2) is 13.2 Å². The average molecular weight is 518 g/mol. The van der Waals surface area contributed by atoms with E-state index >= 15 is 0 Å². The smallest absolute Gasteiger partial charge is 0.326 e. The van der Waals surface area contributed by atoms with E-state index in [0.29, 0.717) is 24.3 Å². The van der Waals surface area contributed by atoms with E-state index in [0.717, 1.165) is 0 Å². The Morgan fingerprint density at radius 1 is 1.24 bits per heavy atom. The van der Waals surface area contributed by atoms with E-state index in [1.54, 1.807) is 30.3 Å². The van der Waals surface area contributed by atoms with Crippen LogP contribution >= 0.6 is 12.6 Å². The lowest BCUT2D eigenvalue weighted by Gasteiger charge is -2.33. The van der Waals surface area contributed by atoms with Crippen molar-refractivity contribution in [2.75, 3.05) is 24.7 Å². The van der Waals surface area contributed by atoms with Gasteiger partial charge in [0, 0.05) is 43.8 Å². The van der Waals surface area contributed by atoms with Gasteiger partial charge in [0.25, 0.3) is 0 Å². The summed E-state index contributed by atoms with van der Waals surface area (Å²) < 4.78 is 25.7. The van der Waals surface area contributed by atoms with Crippen molar-refractivity contribution in [3.63, 3.8) is 0 Å². The van der Waals surface area contributed by atoms with Crippen LogP contribution in [0.25, 0.3) is 0 Å². The molecule has 0 aliphatic carbocycles. The quantitative estimate of drug-likeness (QED) is 0.174. The zero-order valence-electron chi connectivity index (χ0n) is 20.1. The molecular formula is C23H39N3O6S2. The Bertz CT molecular complexity index is 884. The van der Waals surface area contributed by atoms with Crippen LogP contribution in [0.4, 0.5) is 0 Å². The third kappa shape index (κ3) is 8.53. The molecule has 0 fully saturated rings. The van der Waals surface area contributed by atoms with Crippen molar-refractivity contribution in [2.45, 2.75) is 62.9 Å². The number of carboxylic acid groups (broad SMARTS) is 1. The van der Waals surface area contributed by atoms with Gasteiger partial charge in [-0.2, -0.15) is 12.6 Å². The van der Waals surface area contributed by atoms with E-state index in [1.807, 2.05) is 13.8 Å². The zero-order chi connectivity index (χ0) is 25.9. The Morgan fingerprint density at radius 3 is 2.35 bits per heavy atom. The first-order valence-electron chi connectivity index (χ1n) is 11.4. The SMILES string of the molecule is CC[C@H](C)C(CS(=O)(=O)C(C)(Cc1ccccc1)C(=O)N[C@@H](CCO)C(=O)O)NC[C@@H](N)CS. The minimum atomic E-state index is -4.10. The number of carbonyl (C=O) groups is 2. The average Bonchev–Trinajstić information content (AvgIpc) is 2.80. The number of thiol groups is 1. The second kappa shape index (κ2) is 14.0. The number of aliphatic carboxylic acids is 1. The van der Waals surface area contributed by atoms with Crippen molar-refractivity contribution in [2.24, 2.45) is 11.7 Å². The summed E-state index contributed by atoms with van der Waals surface area (Å²) in [6.07, 6.45) is 0.348. The largest absolute Gasteiger partial charge is 0.480 e. The highest BCUT2D eigenvalue weighted by Crippen LogP contribution is 2.27. The van der Waals surface area contributed by atoms with Crippen LogP contribution in [-0.4, -0.2) is 78.0 Å². The Labute approximate surface area is 208 Å². The zero-order valence-corrected chi connectivity index (χ0v) is 21.8. The molecule has 2 unspecified atom stereocenters. The van der Waals surface area contributed by atoms with Gasteiger partial charge in [0.2, 0.25) is 5.91 Å². The Morgan fingerprint density at radius 2 is 1.85 bits per heavy atom. The van der Waals surface area contributed by atoms with E-state index in [-0.39, 0.29) is 30.6 Å². The molecule has 0 aliphatic rings. The van der Waals surface area contributed by atoms with Gasteiger partial charge < -0.3 is 26.6 Å². The molecule has 34 heavy (non-hydrogen) atoms. The number of sulfone groups is 1. The van der Waals surface area contributed by atoms with Crippen LogP contribution in [0.3, 0.4) is 0 Å². The highest BCUT2D eigenvalue weighted by atomic mass is 32.2. The van der Waals surface area contributed by atoms with Crippen LogP contribution in [0.1, 0.15) is 39.2 Å². The summed E-state index contributed by atoms with van der Waals surface area (Å²) in [7, 11) is -4.10. The number of benzene rings is 1. The molecule has 6 N–H and O–H groups in total. The van der Waals surface area contributed by atoms with Crippen molar-refractivity contribution >= 4 is 34.3 Å². The molecule has 1 aromatic carbocycles. The minimum Gasteiger partial charge on any atom is -0.480 e. The normalized spacial score (nSPS) is 17.2. The maximum absolute atomic E-state index is 13.8. The lowest BCUT2D eigenvalue weighted by atomic mass is 9.98. The Hall–Kier alpha value is -1.66. The number of carbonyl (C=O) groups excluding carboxylic acids is 1. The molecular weight excluding hydrogens is 478 g/mol. The minimum absolute atomic E-state index is 0.0212. The number of rotatable bonds is 16. The molecule has 0 saturated heterocycles. The lowest BCUT2D eigenvalue weighted by molar-refractivity contribution is -0.142. The fourth-order valence-corrected chi connectivity index (χ4v) is 5.65. The van der Waals surface area contributed by atoms with Gasteiger partial charge in [-0.15, -0.1) is 0 Å². The topological polar surface area (TPSA) is 159 Å². The van der Waals surface area contributed by atoms with Gasteiger partial charge in [0.15, 0.2) is 14.6 Å². The molecule has 0 aromatic heterocycles. The summed E-state index contributed by atoms with van der Waals surface area (Å²) in [5, 5.41) is 24.1. The molecule has 0 radical (unpaired) electrons. The number of carboxylic acids is 1. The predicted octanol–water partition coefficient (Wildman–Crippen LogP) is 0.616. The summed E-state index contributed by atoms with van der Waals surface area (Å²) >= 11 is 4.17. The first-order chi connectivity index (χ1) is 15.9. The van der Waals surface area contributed by atoms with Crippen LogP contribution in [0.5, 0.6) is 0 Å². The summed E-state index contributed by atoms with van der Waals surface area (Å²) in [4.78, 5) is 24.9. The molecule has 0 aliphatic heterocycles. The van der Waals surface area contributed by atoms with Crippen LogP contribution in [0.2, 0.25) is 0 Å². The van der Waals surface area contributed by atoms with Gasteiger partial charge in [-0.3, -0.25) is 4.79 Å². The van der Waals surface area contributed by atoms with Crippen molar-refractivity contribution < 1.29 is 28.2 Å². The number of amides is 1. The summed E-state index contributed by atoms with van der Waals surface area (Å²) in [6.45, 7) is 5.11. The molecule has 9 nitrogen and oxygen atoms in total. The lowest BCUT2D eigenvalue weighted by Crippen LogP contribution is -2.58. The molecule has 1 amide bonds. The van der Waals surface area contributed by atoms with Gasteiger partial charge in [-0.1, -0.05) is 50.6 Å². The summed E-state index contributed by atoms with van der Waals surface area (Å²) in [6, 6.07) is 6.59. The van der Waals surface area contributed by atoms with E-state index in [1.165, 1.54) is 6.92 Å². The second-order valence-electron chi connectivity index (χ2n) is 8.89. The fraction of sp³-hybridized carbons (Fsp3) is 0.652. The molecule has 1 aromatic rings. The van der Waals surface area contributed by atoms with Crippen LogP contribution in [0.15, 0.2) is 30.3 Å². The molecule has 5 atom stereocenters. The van der Waals surface area contributed by atoms with E-state index in [4.69, 9.17) is 5.73 Å². The van der Waals surface area contributed by atoms with Crippen LogP contribution < -0.4 is 16.4 Å². The number of aliphatic hydroxyl groups is 1. The molecule has 0 saturated carbocycles. The van der Waals surface area contributed by atoms with Crippen LogP contribution in [0, 0.1) is 5.92 Å². The number of hydrogen-bond acceptors (Lipinski definition) is 8. The maximum Gasteiger partial charge on any atom is 0.326 e. The highest BCUT2D eigenvalue weighted by molar-refractivity contribution is 7.93. The number of aliphatic hydroxyl groups excluding tert-OH is 1. The third-order valence-electron chi connectivity index (χ3n) is 6.18. The van der Waals surface area contributed by atoms with Crippen LogP contribution in [-0.2, 0) is 25.8 Å². The van der Waals surface area contributed by atoms with Crippen molar-refractivity contribution in [1.82, 2.24) is 10.6 Å². The summed E-state index contributed by atoms with van der Waals surface area (Å²) in [5.41, 5.74) is 6.57. The third-order valence-corrected chi connectivity index (χ3v) is 9.15. The number of nitrogens with two attached hydrogens (primary N) is 1. The number of hydrogen-bond donors (Lipinski definition) is 6. The molecule has 0 heterocycles.